The van der Waals surface area contributed by atoms with Crippen molar-refractivity contribution in [3.63, 3.8) is 0 Å². The lowest BCUT2D eigenvalue weighted by Crippen LogP contribution is -1.75. The topological polar surface area (TPSA) is 0 Å². The molecule has 0 nitrogen and oxygen atoms in total. The summed E-state index contributed by atoms with van der Waals surface area (Å²) >= 11 is 0. The standard InChI is InChI=1S/C10H12/c1-5-7-9(3)10(4)8-6-2/h1-4H3/b10-9+. The molecule has 0 unspecified atom stereocenters. The zero-order valence-corrected chi connectivity index (χ0v) is 7.00. The highest BCUT2D eigenvalue weighted by atomic mass is 13.9. The zero-order chi connectivity index (χ0) is 7.98. The molecule has 0 bridgehead atoms. The van der Waals surface area contributed by atoms with Crippen molar-refractivity contribution in [1.29, 1.82) is 0 Å². The Balaban J connectivity index is 4.56. The normalized spacial score (nSPS) is 10.0. The van der Waals surface area contributed by atoms with Crippen molar-refractivity contribution in [2.75, 3.05) is 0 Å². The van der Waals surface area contributed by atoms with Crippen molar-refractivity contribution in [3.05, 3.63) is 11.1 Å². The highest BCUT2D eigenvalue weighted by molar-refractivity contribution is 5.39. The van der Waals surface area contributed by atoms with Crippen LogP contribution in [0.4, 0.5) is 0 Å². The molecule has 10 heavy (non-hydrogen) atoms. The fourth-order valence-corrected chi connectivity index (χ4v) is 0.562. The number of allylic oxidation sites excluding steroid dienone is 2. The van der Waals surface area contributed by atoms with Gasteiger partial charge in [-0.15, -0.1) is 11.8 Å². The zero-order valence-electron chi connectivity index (χ0n) is 7.00. The van der Waals surface area contributed by atoms with Crippen LogP contribution in [0.1, 0.15) is 27.7 Å². The Morgan fingerprint density at radius 1 is 0.800 bits per heavy atom. The van der Waals surface area contributed by atoms with Crippen molar-refractivity contribution < 1.29 is 0 Å². The second-order valence-corrected chi connectivity index (χ2v) is 2.00. The van der Waals surface area contributed by atoms with Crippen molar-refractivity contribution in [3.8, 4) is 23.7 Å². The Morgan fingerprint density at radius 2 is 1.10 bits per heavy atom. The lowest BCUT2D eigenvalue weighted by molar-refractivity contribution is 1.43. The molecule has 0 aliphatic rings. The van der Waals surface area contributed by atoms with Gasteiger partial charge in [0.05, 0.1) is 0 Å². The maximum absolute atomic E-state index is 2.96. The van der Waals surface area contributed by atoms with Crippen LogP contribution in [0, 0.1) is 23.7 Å². The van der Waals surface area contributed by atoms with E-state index in [0.717, 1.165) is 11.1 Å². The highest BCUT2D eigenvalue weighted by Crippen LogP contribution is 1.98. The fraction of sp³-hybridized carbons (Fsp3) is 0.400. The Kier molecular flexibility index (Phi) is 4.17. The average Bonchev–Trinajstić information content (AvgIpc) is 1.89. The summed E-state index contributed by atoms with van der Waals surface area (Å²) in [7, 11) is 0. The summed E-state index contributed by atoms with van der Waals surface area (Å²) in [5, 5.41) is 0. The molecule has 0 aromatic heterocycles. The molecule has 0 saturated heterocycles. The lowest BCUT2D eigenvalue weighted by Gasteiger charge is -1.88. The maximum atomic E-state index is 2.96. The van der Waals surface area contributed by atoms with Gasteiger partial charge in [0.2, 0.25) is 0 Å². The first-order valence-electron chi connectivity index (χ1n) is 3.25. The Labute approximate surface area is 63.3 Å². The van der Waals surface area contributed by atoms with Gasteiger partial charge in [0.1, 0.15) is 0 Å². The monoisotopic (exact) mass is 132 g/mol. The molecule has 0 atom stereocenters. The van der Waals surface area contributed by atoms with Crippen LogP contribution in [-0.4, -0.2) is 0 Å². The Bertz CT molecular complexity index is 217. The average molecular weight is 132 g/mol. The van der Waals surface area contributed by atoms with Crippen LogP contribution in [0.15, 0.2) is 11.1 Å². The summed E-state index contributed by atoms with van der Waals surface area (Å²) in [5.74, 6) is 11.6. The molecular formula is C10H12. The second kappa shape index (κ2) is 4.71. The Morgan fingerprint density at radius 3 is 1.30 bits per heavy atom. The van der Waals surface area contributed by atoms with E-state index in [2.05, 4.69) is 23.7 Å². The van der Waals surface area contributed by atoms with E-state index in [-0.39, 0.29) is 0 Å². The second-order valence-electron chi connectivity index (χ2n) is 2.00. The summed E-state index contributed by atoms with van der Waals surface area (Å²) in [6, 6.07) is 0. The smallest absolute Gasteiger partial charge is 0.0102 e. The molecule has 0 radical (unpaired) electrons. The van der Waals surface area contributed by atoms with E-state index in [1.54, 1.807) is 0 Å². The van der Waals surface area contributed by atoms with Crippen LogP contribution >= 0.6 is 0 Å². The van der Waals surface area contributed by atoms with Gasteiger partial charge in [0.25, 0.3) is 0 Å². The molecule has 0 amide bonds. The number of hydrogen-bond acceptors (Lipinski definition) is 0. The van der Waals surface area contributed by atoms with Gasteiger partial charge in [-0.1, -0.05) is 11.8 Å². The van der Waals surface area contributed by atoms with E-state index in [9.17, 15) is 0 Å². The van der Waals surface area contributed by atoms with Crippen molar-refractivity contribution in [2.24, 2.45) is 0 Å². The van der Waals surface area contributed by atoms with E-state index < -0.39 is 0 Å². The molecule has 0 aliphatic carbocycles. The molecule has 0 saturated carbocycles. The van der Waals surface area contributed by atoms with E-state index in [1.807, 2.05) is 27.7 Å². The van der Waals surface area contributed by atoms with Crippen LogP contribution < -0.4 is 0 Å². The first-order chi connectivity index (χ1) is 4.72. The molecule has 0 aromatic rings. The molecule has 0 aliphatic heterocycles. The number of rotatable bonds is 0. The maximum Gasteiger partial charge on any atom is 0.0102 e. The van der Waals surface area contributed by atoms with E-state index in [1.165, 1.54) is 0 Å². The summed E-state index contributed by atoms with van der Waals surface area (Å²) in [6.07, 6.45) is 0. The SMILES string of the molecule is CC#C/C(C)=C(\C)C#CC. The minimum absolute atomic E-state index is 1.07. The van der Waals surface area contributed by atoms with Gasteiger partial charge in [-0.25, -0.2) is 0 Å². The third kappa shape index (κ3) is 3.00. The van der Waals surface area contributed by atoms with Crippen LogP contribution in [0.25, 0.3) is 0 Å². The van der Waals surface area contributed by atoms with Gasteiger partial charge in [0.15, 0.2) is 0 Å². The highest BCUT2D eigenvalue weighted by Gasteiger charge is 1.85. The summed E-state index contributed by atoms with van der Waals surface area (Å²) in [5.41, 5.74) is 2.13. The molecule has 52 valence electrons. The molecule has 0 aromatic carbocycles. The first kappa shape index (κ1) is 8.86. The largest absolute Gasteiger partial charge is 0.102 e. The third-order valence-corrected chi connectivity index (χ3v) is 1.19. The molecular weight excluding hydrogens is 120 g/mol. The summed E-state index contributed by atoms with van der Waals surface area (Å²) in [4.78, 5) is 0. The van der Waals surface area contributed by atoms with Crippen molar-refractivity contribution >= 4 is 0 Å². The third-order valence-electron chi connectivity index (χ3n) is 1.19. The van der Waals surface area contributed by atoms with E-state index >= 15 is 0 Å². The molecule has 0 fully saturated rings. The van der Waals surface area contributed by atoms with Gasteiger partial charge in [-0.3, -0.25) is 0 Å². The van der Waals surface area contributed by atoms with Crippen LogP contribution in [0.5, 0.6) is 0 Å². The number of hydrogen-bond donors (Lipinski definition) is 0. The molecule has 0 rings (SSSR count). The molecule has 0 spiro atoms. The predicted molar refractivity (Wildman–Crippen MR) is 45.3 cm³/mol. The van der Waals surface area contributed by atoms with E-state index in [0.29, 0.717) is 0 Å². The molecule has 0 heterocycles. The van der Waals surface area contributed by atoms with Crippen molar-refractivity contribution in [1.82, 2.24) is 0 Å². The predicted octanol–water partition coefficient (Wildman–Crippen LogP) is 2.37. The van der Waals surface area contributed by atoms with Gasteiger partial charge in [0, 0.05) is 11.1 Å². The van der Waals surface area contributed by atoms with Gasteiger partial charge in [-0.2, -0.15) is 0 Å². The fourth-order valence-electron chi connectivity index (χ4n) is 0.562. The van der Waals surface area contributed by atoms with Gasteiger partial charge in [-0.05, 0) is 27.7 Å². The molecule has 0 N–H and O–H groups in total. The first-order valence-corrected chi connectivity index (χ1v) is 3.25. The Hall–Kier alpha value is -1.14. The minimum Gasteiger partial charge on any atom is -0.102 e. The van der Waals surface area contributed by atoms with E-state index in [4.69, 9.17) is 0 Å². The quantitative estimate of drug-likeness (QED) is 0.444. The van der Waals surface area contributed by atoms with Crippen molar-refractivity contribution in [2.45, 2.75) is 27.7 Å². The van der Waals surface area contributed by atoms with Crippen LogP contribution in [0.3, 0.4) is 0 Å². The van der Waals surface area contributed by atoms with Crippen LogP contribution in [0.2, 0.25) is 0 Å². The lowest BCUT2D eigenvalue weighted by atomic mass is 10.1. The summed E-state index contributed by atoms with van der Waals surface area (Å²) < 4.78 is 0. The van der Waals surface area contributed by atoms with Gasteiger partial charge < -0.3 is 0 Å². The summed E-state index contributed by atoms with van der Waals surface area (Å²) in [6.45, 7) is 7.62. The minimum atomic E-state index is 1.07. The van der Waals surface area contributed by atoms with Gasteiger partial charge >= 0.3 is 0 Å². The molecule has 0 heteroatoms. The van der Waals surface area contributed by atoms with Crippen LogP contribution in [-0.2, 0) is 0 Å².